The molecule has 0 radical (unpaired) electrons. The summed E-state index contributed by atoms with van der Waals surface area (Å²) >= 11 is 0. The minimum Gasteiger partial charge on any atom is -0.507 e. The number of aryl methyl sites for hydroxylation is 1. The summed E-state index contributed by atoms with van der Waals surface area (Å²) < 4.78 is 2.31. The molecule has 0 amide bonds. The summed E-state index contributed by atoms with van der Waals surface area (Å²) in [7, 11) is 2.16. The van der Waals surface area contributed by atoms with E-state index in [1.165, 1.54) is 41.2 Å². The summed E-state index contributed by atoms with van der Waals surface area (Å²) in [6, 6.07) is 32.4. The number of rotatable bonds is 9. The number of nitrogens with zero attached hydrogens (tertiary/aromatic N) is 3. The van der Waals surface area contributed by atoms with Crippen LogP contribution in [0.4, 0.5) is 0 Å². The number of benzene rings is 3. The van der Waals surface area contributed by atoms with Gasteiger partial charge >= 0.3 is 0 Å². The van der Waals surface area contributed by atoms with Gasteiger partial charge in [-0.05, 0) is 66.0 Å². The van der Waals surface area contributed by atoms with Crippen LogP contribution in [-0.2, 0) is 33.1 Å². The van der Waals surface area contributed by atoms with Crippen molar-refractivity contribution in [1.29, 1.82) is 0 Å². The van der Waals surface area contributed by atoms with Gasteiger partial charge in [-0.25, -0.2) is 0 Å². The van der Waals surface area contributed by atoms with Gasteiger partial charge in [-0.2, -0.15) is 0 Å². The monoisotopic (exact) mass is 586 g/mol. The van der Waals surface area contributed by atoms with Crippen molar-refractivity contribution in [3.05, 3.63) is 124 Å². The van der Waals surface area contributed by atoms with Gasteiger partial charge in [0.15, 0.2) is 0 Å². The van der Waals surface area contributed by atoms with E-state index in [9.17, 15) is 9.90 Å². The summed E-state index contributed by atoms with van der Waals surface area (Å²) in [5.74, 6) is 1.48. The smallest absolute Gasteiger partial charge is 0.252 e. The molecule has 2 N–H and O–H groups in total. The minimum atomic E-state index is -0.285. The summed E-state index contributed by atoms with van der Waals surface area (Å²) in [5.41, 5.74) is 7.38. The third-order valence-electron chi connectivity index (χ3n) is 10.1. The number of aromatic hydroxyl groups is 1. The molecule has 0 spiro atoms. The fourth-order valence-electron chi connectivity index (χ4n) is 7.96. The first-order valence-electron chi connectivity index (χ1n) is 16.0. The van der Waals surface area contributed by atoms with E-state index in [0.717, 1.165) is 55.2 Å². The van der Waals surface area contributed by atoms with E-state index in [0.29, 0.717) is 24.1 Å². The van der Waals surface area contributed by atoms with Crippen LogP contribution in [0.5, 0.6) is 5.75 Å². The molecule has 1 aliphatic carbocycles. The number of aromatic amines is 1. The molecule has 226 valence electrons. The average Bonchev–Trinajstić information content (AvgIpc) is 3.70. The fourth-order valence-corrected chi connectivity index (χ4v) is 7.96. The van der Waals surface area contributed by atoms with Crippen molar-refractivity contribution in [1.82, 2.24) is 19.4 Å². The van der Waals surface area contributed by atoms with Crippen LogP contribution in [0, 0.1) is 11.8 Å². The average molecular weight is 587 g/mol. The van der Waals surface area contributed by atoms with Crippen molar-refractivity contribution < 1.29 is 5.11 Å². The van der Waals surface area contributed by atoms with Crippen molar-refractivity contribution in [2.75, 3.05) is 13.1 Å². The van der Waals surface area contributed by atoms with Gasteiger partial charge in [-0.15, -0.1) is 0 Å². The number of likely N-dealkylation sites (tertiary alicyclic amines) is 1. The molecule has 0 unspecified atom stereocenters. The molecule has 6 nitrogen and oxygen atoms in total. The summed E-state index contributed by atoms with van der Waals surface area (Å²) in [5, 5.41) is 11.5. The standard InChI is InChI=1S/C38H42N4O2/c1-3-32-36(43)20-37(44)39-38(32)28-14-16-34-30(18-28)19-31(40(34)2)24-41-23-29-15-17-35(33(29)25-41)42(21-26-10-6-4-7-11-26)22-27-12-8-5-9-13-27/h4-14,16,18-20,29,33,35H,3,15,17,21-25H2,1-2H3,(H2,39,43,44)/t29-,33+,35-/m1/s1. The first-order valence-corrected chi connectivity index (χ1v) is 16.0. The fraction of sp³-hybridized carbons (Fsp3) is 0.342. The molecule has 1 saturated heterocycles. The van der Waals surface area contributed by atoms with E-state index in [4.69, 9.17) is 0 Å². The Morgan fingerprint density at radius 1 is 0.886 bits per heavy atom. The molecule has 5 aromatic rings. The molecule has 1 aliphatic heterocycles. The topological polar surface area (TPSA) is 64.5 Å². The van der Waals surface area contributed by atoms with Gasteiger partial charge in [0.1, 0.15) is 5.75 Å². The quantitative estimate of drug-likeness (QED) is 0.201. The van der Waals surface area contributed by atoms with Crippen LogP contribution in [0.2, 0.25) is 0 Å². The Morgan fingerprint density at radius 3 is 2.27 bits per heavy atom. The highest BCUT2D eigenvalue weighted by Gasteiger charge is 2.44. The molecule has 0 bridgehead atoms. The van der Waals surface area contributed by atoms with E-state index in [-0.39, 0.29) is 11.3 Å². The maximum absolute atomic E-state index is 12.2. The van der Waals surface area contributed by atoms with Crippen LogP contribution in [0.15, 0.2) is 95.8 Å². The molecule has 3 aromatic carbocycles. The highest BCUT2D eigenvalue weighted by Crippen LogP contribution is 2.42. The lowest BCUT2D eigenvalue weighted by molar-refractivity contribution is 0.134. The number of hydrogen-bond acceptors (Lipinski definition) is 4. The molecular formula is C38H42N4O2. The first kappa shape index (κ1) is 28.6. The van der Waals surface area contributed by atoms with Crippen molar-refractivity contribution in [2.45, 2.75) is 51.9 Å². The van der Waals surface area contributed by atoms with Gasteiger partial charge in [0.2, 0.25) is 0 Å². The van der Waals surface area contributed by atoms with Crippen LogP contribution in [0.25, 0.3) is 22.2 Å². The number of aromatic nitrogens is 2. The van der Waals surface area contributed by atoms with E-state index in [1.807, 2.05) is 6.92 Å². The lowest BCUT2D eigenvalue weighted by Crippen LogP contribution is -2.39. The molecule has 6 heteroatoms. The molecule has 3 atom stereocenters. The Hall–Kier alpha value is -4.13. The zero-order valence-corrected chi connectivity index (χ0v) is 25.7. The van der Waals surface area contributed by atoms with Gasteiger partial charge in [0.05, 0.1) is 5.69 Å². The van der Waals surface area contributed by atoms with Crippen molar-refractivity contribution >= 4 is 10.9 Å². The number of fused-ring (bicyclic) bond motifs is 2. The van der Waals surface area contributed by atoms with E-state index in [1.54, 1.807) is 0 Å². The molecule has 2 aliphatic rings. The highest BCUT2D eigenvalue weighted by molar-refractivity contribution is 5.86. The Bertz CT molecular complexity index is 1770. The van der Waals surface area contributed by atoms with Gasteiger partial charge in [0.25, 0.3) is 5.56 Å². The number of nitrogens with one attached hydrogen (secondary N) is 1. The maximum atomic E-state index is 12.2. The van der Waals surface area contributed by atoms with Crippen molar-refractivity contribution in [3.8, 4) is 17.0 Å². The van der Waals surface area contributed by atoms with Crippen LogP contribution >= 0.6 is 0 Å². The first-order chi connectivity index (χ1) is 21.5. The second-order valence-corrected chi connectivity index (χ2v) is 12.8. The Morgan fingerprint density at radius 2 is 1.59 bits per heavy atom. The summed E-state index contributed by atoms with van der Waals surface area (Å²) in [6.07, 6.45) is 3.21. The minimum absolute atomic E-state index is 0.0593. The number of pyridine rings is 1. The second kappa shape index (κ2) is 12.1. The van der Waals surface area contributed by atoms with Gasteiger partial charge < -0.3 is 14.7 Å². The second-order valence-electron chi connectivity index (χ2n) is 12.8. The molecular weight excluding hydrogens is 544 g/mol. The predicted molar refractivity (Wildman–Crippen MR) is 177 cm³/mol. The van der Waals surface area contributed by atoms with Gasteiger partial charge in [-0.3, -0.25) is 14.6 Å². The largest absolute Gasteiger partial charge is 0.507 e. The molecule has 1 saturated carbocycles. The number of H-pyrrole nitrogens is 1. The zero-order valence-electron chi connectivity index (χ0n) is 25.7. The third-order valence-corrected chi connectivity index (χ3v) is 10.1. The van der Waals surface area contributed by atoms with E-state index in [2.05, 4.69) is 111 Å². The summed E-state index contributed by atoms with van der Waals surface area (Å²) in [4.78, 5) is 20.5. The van der Waals surface area contributed by atoms with Crippen molar-refractivity contribution in [3.63, 3.8) is 0 Å². The Balaban J connectivity index is 1.10. The highest BCUT2D eigenvalue weighted by atomic mass is 16.3. The molecule has 2 fully saturated rings. The van der Waals surface area contributed by atoms with Gasteiger partial charge in [0, 0.05) is 74.0 Å². The lowest BCUT2D eigenvalue weighted by atomic mass is 9.96. The lowest BCUT2D eigenvalue weighted by Gasteiger charge is -2.33. The Kier molecular flexibility index (Phi) is 7.87. The van der Waals surface area contributed by atoms with Crippen LogP contribution < -0.4 is 5.56 Å². The Labute approximate surface area is 259 Å². The molecule has 7 rings (SSSR count). The summed E-state index contributed by atoms with van der Waals surface area (Å²) in [6.45, 7) is 7.18. The normalized spacial score (nSPS) is 20.1. The van der Waals surface area contributed by atoms with Crippen LogP contribution in [0.3, 0.4) is 0 Å². The maximum Gasteiger partial charge on any atom is 0.252 e. The predicted octanol–water partition coefficient (Wildman–Crippen LogP) is 6.71. The van der Waals surface area contributed by atoms with Gasteiger partial charge in [-0.1, -0.05) is 73.7 Å². The number of hydrogen-bond donors (Lipinski definition) is 2. The third kappa shape index (κ3) is 5.60. The molecule has 44 heavy (non-hydrogen) atoms. The van der Waals surface area contributed by atoms with Crippen LogP contribution in [0.1, 0.15) is 42.1 Å². The van der Waals surface area contributed by atoms with Crippen molar-refractivity contribution in [2.24, 2.45) is 18.9 Å². The SMILES string of the molecule is CCc1c(O)cc(=O)[nH]c1-c1ccc2c(c1)cc(CN1C[C@H]3CC[C@@H](N(Cc4ccccc4)Cc4ccccc4)[C@H]3C1)n2C. The van der Waals surface area contributed by atoms with E-state index >= 15 is 0 Å². The van der Waals surface area contributed by atoms with E-state index < -0.39 is 0 Å². The molecule has 2 aromatic heterocycles. The zero-order chi connectivity index (χ0) is 30.2. The molecule has 3 heterocycles. The van der Waals surface area contributed by atoms with Crippen LogP contribution in [-0.4, -0.2) is 43.6 Å².